The van der Waals surface area contributed by atoms with Gasteiger partial charge in [0.15, 0.2) is 0 Å². The number of anilines is 2. The van der Waals surface area contributed by atoms with Crippen LogP contribution in [0.15, 0.2) is 54.2 Å². The van der Waals surface area contributed by atoms with Crippen LogP contribution in [0.25, 0.3) is 0 Å². The van der Waals surface area contributed by atoms with Crippen LogP contribution in [0.2, 0.25) is 5.02 Å². The van der Waals surface area contributed by atoms with Crippen LogP contribution in [-0.2, 0) is 11.2 Å². The largest absolute Gasteiger partial charge is 0.401 e. The van der Waals surface area contributed by atoms with Gasteiger partial charge in [0.1, 0.15) is 6.29 Å². The average Bonchev–Trinajstić information content (AvgIpc) is 2.50. The maximum absolute atomic E-state index is 11.2. The van der Waals surface area contributed by atoms with Crippen LogP contribution < -0.4 is 11.1 Å². The highest BCUT2D eigenvalue weighted by molar-refractivity contribution is 6.30. The minimum absolute atomic E-state index is 0.321. The van der Waals surface area contributed by atoms with E-state index in [2.05, 4.69) is 11.4 Å². The summed E-state index contributed by atoms with van der Waals surface area (Å²) in [5.41, 5.74) is 10.6. The summed E-state index contributed by atoms with van der Waals surface area (Å²) in [6.07, 6.45) is 3.56. The van der Waals surface area contributed by atoms with Crippen LogP contribution in [0.4, 0.5) is 11.4 Å². The molecule has 0 aromatic heterocycles. The minimum Gasteiger partial charge on any atom is -0.401 e. The molecule has 0 bridgehead atoms. The van der Waals surface area contributed by atoms with Crippen molar-refractivity contribution in [1.29, 1.82) is 0 Å². The lowest BCUT2D eigenvalue weighted by Gasteiger charge is -2.21. The van der Waals surface area contributed by atoms with Gasteiger partial charge in [-0.1, -0.05) is 23.7 Å². The van der Waals surface area contributed by atoms with Crippen molar-refractivity contribution in [2.75, 3.05) is 5.32 Å². The second kappa shape index (κ2) is 5.62. The summed E-state index contributed by atoms with van der Waals surface area (Å²) in [5, 5.41) is 4.04. The number of fused-ring (bicyclic) bond motifs is 1. The number of allylic oxidation sites excluding steroid dienone is 2. The molecule has 0 amide bonds. The van der Waals surface area contributed by atoms with Gasteiger partial charge in [-0.25, -0.2) is 0 Å². The average molecular weight is 299 g/mol. The Kier molecular flexibility index (Phi) is 3.67. The molecular formula is C17H15ClN2O. The predicted molar refractivity (Wildman–Crippen MR) is 86.0 cm³/mol. The Morgan fingerprint density at radius 2 is 1.86 bits per heavy atom. The van der Waals surface area contributed by atoms with E-state index in [4.69, 9.17) is 17.3 Å². The number of carbonyl (C=O) groups excluding carboxylic acids is 1. The molecule has 3 N–H and O–H groups in total. The fourth-order valence-corrected chi connectivity index (χ4v) is 2.68. The molecule has 0 unspecified atom stereocenters. The molecule has 1 aliphatic carbocycles. The fourth-order valence-electron chi connectivity index (χ4n) is 2.55. The zero-order valence-corrected chi connectivity index (χ0v) is 12.1. The van der Waals surface area contributed by atoms with Gasteiger partial charge in [0.2, 0.25) is 0 Å². The first-order chi connectivity index (χ1) is 10.2. The van der Waals surface area contributed by atoms with E-state index in [0.717, 1.165) is 35.2 Å². The van der Waals surface area contributed by atoms with E-state index in [9.17, 15) is 4.79 Å². The van der Waals surface area contributed by atoms with Crippen LogP contribution in [0.1, 0.15) is 17.0 Å². The molecule has 3 rings (SSSR count). The van der Waals surface area contributed by atoms with E-state index in [1.807, 2.05) is 42.5 Å². The standard InChI is InChI=1S/C17H15ClN2O/c18-12-2-4-13(5-3-12)20-14-6-7-15-11(9-14)1-8-17(19)16(15)10-21/h2-10,16,20H,1,19H2/t16-/m0/s1. The van der Waals surface area contributed by atoms with Gasteiger partial charge in [0.05, 0.1) is 5.92 Å². The highest BCUT2D eigenvalue weighted by Gasteiger charge is 2.20. The van der Waals surface area contributed by atoms with E-state index in [1.165, 1.54) is 0 Å². The molecule has 0 aliphatic heterocycles. The highest BCUT2D eigenvalue weighted by atomic mass is 35.5. The van der Waals surface area contributed by atoms with Gasteiger partial charge in [-0.05, 0) is 53.9 Å². The van der Waals surface area contributed by atoms with E-state index in [0.29, 0.717) is 10.7 Å². The molecule has 0 saturated carbocycles. The molecule has 0 heterocycles. The lowest BCUT2D eigenvalue weighted by molar-refractivity contribution is -0.108. The number of hydrogen-bond acceptors (Lipinski definition) is 3. The topological polar surface area (TPSA) is 55.1 Å². The summed E-state index contributed by atoms with van der Waals surface area (Å²) >= 11 is 5.88. The molecule has 0 spiro atoms. The highest BCUT2D eigenvalue weighted by Crippen LogP contribution is 2.31. The van der Waals surface area contributed by atoms with Gasteiger partial charge in [-0.2, -0.15) is 0 Å². The number of nitrogens with two attached hydrogens (primary N) is 1. The molecule has 1 aliphatic rings. The normalized spacial score (nSPS) is 16.8. The molecule has 0 saturated heterocycles. The second-order valence-corrected chi connectivity index (χ2v) is 5.50. The van der Waals surface area contributed by atoms with E-state index in [-0.39, 0.29) is 5.92 Å². The molecule has 0 radical (unpaired) electrons. The molecule has 4 heteroatoms. The molecule has 2 aromatic rings. The maximum atomic E-state index is 11.2. The van der Waals surface area contributed by atoms with Crippen molar-refractivity contribution in [1.82, 2.24) is 0 Å². The quantitative estimate of drug-likeness (QED) is 0.848. The lowest BCUT2D eigenvalue weighted by Crippen LogP contribution is -2.17. The Labute approximate surface area is 128 Å². The van der Waals surface area contributed by atoms with E-state index >= 15 is 0 Å². The number of hydrogen-bond donors (Lipinski definition) is 2. The zero-order valence-electron chi connectivity index (χ0n) is 11.3. The van der Waals surface area contributed by atoms with Gasteiger partial charge in [-0.15, -0.1) is 0 Å². The third kappa shape index (κ3) is 2.78. The van der Waals surface area contributed by atoms with Crippen molar-refractivity contribution in [3.63, 3.8) is 0 Å². The first-order valence-electron chi connectivity index (χ1n) is 6.73. The van der Waals surface area contributed by atoms with Gasteiger partial charge in [-0.3, -0.25) is 0 Å². The Hall–Kier alpha value is -2.26. The van der Waals surface area contributed by atoms with Crippen LogP contribution in [-0.4, -0.2) is 6.29 Å². The minimum atomic E-state index is -0.321. The second-order valence-electron chi connectivity index (χ2n) is 5.07. The molecule has 106 valence electrons. The molecule has 1 atom stereocenters. The smallest absolute Gasteiger partial charge is 0.133 e. The molecule has 3 nitrogen and oxygen atoms in total. The number of carbonyl (C=O) groups is 1. The van der Waals surface area contributed by atoms with Crippen LogP contribution in [0.5, 0.6) is 0 Å². The Morgan fingerprint density at radius 1 is 1.14 bits per heavy atom. The number of halogens is 1. The Balaban J connectivity index is 1.88. The summed E-state index contributed by atoms with van der Waals surface area (Å²) in [7, 11) is 0. The van der Waals surface area contributed by atoms with Gasteiger partial charge in [0, 0.05) is 22.1 Å². The molecule has 2 aromatic carbocycles. The van der Waals surface area contributed by atoms with E-state index < -0.39 is 0 Å². The number of rotatable bonds is 3. The SMILES string of the molecule is NC1=CCc2cc(Nc3ccc(Cl)cc3)ccc2[C@@H]1C=O. The zero-order chi connectivity index (χ0) is 14.8. The predicted octanol–water partition coefficient (Wildman–Crippen LogP) is 3.76. The third-order valence-electron chi connectivity index (χ3n) is 3.66. The van der Waals surface area contributed by atoms with E-state index in [1.54, 1.807) is 0 Å². The summed E-state index contributed by atoms with van der Waals surface area (Å²) in [6.45, 7) is 0. The molecule has 0 fully saturated rings. The summed E-state index contributed by atoms with van der Waals surface area (Å²) in [4.78, 5) is 11.2. The van der Waals surface area contributed by atoms with Crippen LogP contribution in [0.3, 0.4) is 0 Å². The van der Waals surface area contributed by atoms with Crippen LogP contribution in [0, 0.1) is 0 Å². The fraction of sp³-hybridized carbons (Fsp3) is 0.118. The molecular weight excluding hydrogens is 284 g/mol. The summed E-state index contributed by atoms with van der Waals surface area (Å²) < 4.78 is 0. The monoisotopic (exact) mass is 298 g/mol. The Bertz CT molecular complexity index is 707. The van der Waals surface area contributed by atoms with Gasteiger partial charge in [0.25, 0.3) is 0 Å². The summed E-state index contributed by atoms with van der Waals surface area (Å²) in [5.74, 6) is -0.321. The number of aldehydes is 1. The summed E-state index contributed by atoms with van der Waals surface area (Å²) in [6, 6.07) is 13.5. The van der Waals surface area contributed by atoms with Crippen molar-refractivity contribution in [2.45, 2.75) is 12.3 Å². The van der Waals surface area contributed by atoms with Crippen molar-refractivity contribution in [2.24, 2.45) is 5.73 Å². The van der Waals surface area contributed by atoms with Crippen molar-refractivity contribution in [3.05, 3.63) is 70.4 Å². The third-order valence-corrected chi connectivity index (χ3v) is 3.92. The Morgan fingerprint density at radius 3 is 2.57 bits per heavy atom. The lowest BCUT2D eigenvalue weighted by atomic mass is 9.86. The number of nitrogens with one attached hydrogen (secondary N) is 1. The van der Waals surface area contributed by atoms with Crippen LogP contribution >= 0.6 is 11.6 Å². The maximum Gasteiger partial charge on any atom is 0.133 e. The molecule has 21 heavy (non-hydrogen) atoms. The first kappa shape index (κ1) is 13.7. The van der Waals surface area contributed by atoms with Crippen molar-refractivity contribution < 1.29 is 4.79 Å². The first-order valence-corrected chi connectivity index (χ1v) is 7.11. The number of benzene rings is 2. The van der Waals surface area contributed by atoms with Gasteiger partial charge >= 0.3 is 0 Å². The van der Waals surface area contributed by atoms with Crippen molar-refractivity contribution >= 4 is 29.3 Å². The van der Waals surface area contributed by atoms with Gasteiger partial charge < -0.3 is 15.8 Å². The van der Waals surface area contributed by atoms with Crippen molar-refractivity contribution in [3.8, 4) is 0 Å².